The zero-order valence-corrected chi connectivity index (χ0v) is 16.0. The summed E-state index contributed by atoms with van der Waals surface area (Å²) in [6, 6.07) is 9.37. The summed E-state index contributed by atoms with van der Waals surface area (Å²) in [7, 11) is 1.32. The van der Waals surface area contributed by atoms with E-state index in [2.05, 4.69) is 15.0 Å². The molecule has 1 aromatic heterocycles. The Hall–Kier alpha value is -2.12. The number of anilines is 1. The smallest absolute Gasteiger partial charge is 0.351 e. The first-order valence-electron chi connectivity index (χ1n) is 8.41. The van der Waals surface area contributed by atoms with Crippen molar-refractivity contribution in [1.29, 1.82) is 0 Å². The molecule has 1 aliphatic heterocycles. The summed E-state index contributed by atoms with van der Waals surface area (Å²) >= 11 is 7.16. The van der Waals surface area contributed by atoms with Gasteiger partial charge in [0.2, 0.25) is 0 Å². The molecular formula is C18H20ClN3O3S. The van der Waals surface area contributed by atoms with Crippen molar-refractivity contribution in [3.63, 3.8) is 0 Å². The van der Waals surface area contributed by atoms with Gasteiger partial charge in [0.05, 0.1) is 7.11 Å². The molecule has 0 aliphatic carbocycles. The van der Waals surface area contributed by atoms with E-state index in [4.69, 9.17) is 11.6 Å². The molecule has 1 amide bonds. The number of carbonyl (C=O) groups is 2. The number of hydrogen-bond acceptors (Lipinski definition) is 6. The molecule has 1 N–H and O–H groups in total. The molecule has 2 heterocycles. The number of amides is 1. The summed E-state index contributed by atoms with van der Waals surface area (Å²) in [6.45, 7) is 2.22. The second kappa shape index (κ2) is 8.51. The maximum atomic E-state index is 12.5. The van der Waals surface area contributed by atoms with Crippen LogP contribution in [0.3, 0.4) is 0 Å². The van der Waals surface area contributed by atoms with Gasteiger partial charge in [-0.15, -0.1) is 0 Å². The van der Waals surface area contributed by atoms with Gasteiger partial charge >= 0.3 is 5.97 Å². The molecule has 1 saturated heterocycles. The average Bonchev–Trinajstić information content (AvgIpc) is 3.07. The van der Waals surface area contributed by atoms with E-state index in [0.29, 0.717) is 15.9 Å². The predicted molar refractivity (Wildman–Crippen MR) is 102 cm³/mol. The molecule has 26 heavy (non-hydrogen) atoms. The maximum absolute atomic E-state index is 12.5. The van der Waals surface area contributed by atoms with Crippen LogP contribution in [-0.2, 0) is 4.74 Å². The topological polar surface area (TPSA) is 71.5 Å². The summed E-state index contributed by atoms with van der Waals surface area (Å²) < 4.78 is 4.68. The first-order valence-corrected chi connectivity index (χ1v) is 9.60. The van der Waals surface area contributed by atoms with Crippen LogP contribution in [0.25, 0.3) is 0 Å². The van der Waals surface area contributed by atoms with Gasteiger partial charge < -0.3 is 15.0 Å². The lowest BCUT2D eigenvalue weighted by atomic mass is 9.96. The van der Waals surface area contributed by atoms with Crippen LogP contribution < -0.4 is 5.32 Å². The Balaban J connectivity index is 1.49. The summed E-state index contributed by atoms with van der Waals surface area (Å²) in [4.78, 5) is 30.4. The normalized spacial score (nSPS) is 14.9. The molecule has 0 radical (unpaired) electrons. The summed E-state index contributed by atoms with van der Waals surface area (Å²) in [5.41, 5.74) is 0.733. The minimum Gasteiger partial charge on any atom is -0.465 e. The van der Waals surface area contributed by atoms with E-state index in [0.717, 1.165) is 38.0 Å². The first kappa shape index (κ1) is 18.7. The van der Waals surface area contributed by atoms with Gasteiger partial charge in [-0.2, -0.15) is 0 Å². The number of thiazole rings is 1. The van der Waals surface area contributed by atoms with Gasteiger partial charge in [0, 0.05) is 25.2 Å². The van der Waals surface area contributed by atoms with E-state index in [1.807, 2.05) is 35.2 Å². The molecule has 1 aromatic carbocycles. The van der Waals surface area contributed by atoms with Crippen LogP contribution in [0.15, 0.2) is 30.3 Å². The molecule has 2 aromatic rings. The molecule has 0 spiro atoms. The number of benzene rings is 1. The van der Waals surface area contributed by atoms with Crippen LogP contribution in [0.2, 0.25) is 5.15 Å². The summed E-state index contributed by atoms with van der Waals surface area (Å²) in [5.74, 6) is 0.0544. The molecule has 6 nitrogen and oxygen atoms in total. The number of carbonyl (C=O) groups excluding carboxylic acids is 2. The molecule has 0 atom stereocenters. The first-order chi connectivity index (χ1) is 12.6. The van der Waals surface area contributed by atoms with Crippen LogP contribution in [0.5, 0.6) is 0 Å². The van der Waals surface area contributed by atoms with Crippen molar-refractivity contribution in [3.05, 3.63) is 45.9 Å². The second-order valence-electron chi connectivity index (χ2n) is 6.11. The average molecular weight is 394 g/mol. The van der Waals surface area contributed by atoms with Crippen molar-refractivity contribution in [1.82, 2.24) is 9.88 Å². The third-order valence-corrected chi connectivity index (χ3v) is 5.80. The molecule has 1 fully saturated rings. The number of piperidine rings is 1. The van der Waals surface area contributed by atoms with Gasteiger partial charge in [0.1, 0.15) is 0 Å². The SMILES string of the molecule is COC(=O)c1sc(NCC2CCN(C(=O)c3ccccc3)CC2)nc1Cl. The number of halogens is 1. The number of ether oxygens (including phenoxy) is 1. The number of esters is 1. The zero-order valence-electron chi connectivity index (χ0n) is 14.4. The third kappa shape index (κ3) is 4.34. The van der Waals surface area contributed by atoms with Crippen molar-refractivity contribution in [2.45, 2.75) is 12.8 Å². The van der Waals surface area contributed by atoms with E-state index >= 15 is 0 Å². The summed E-state index contributed by atoms with van der Waals surface area (Å²) in [5, 5.41) is 4.01. The summed E-state index contributed by atoms with van der Waals surface area (Å²) in [6.07, 6.45) is 1.85. The van der Waals surface area contributed by atoms with E-state index in [1.54, 1.807) is 0 Å². The minimum absolute atomic E-state index is 0.0893. The Morgan fingerprint density at radius 1 is 1.31 bits per heavy atom. The highest BCUT2D eigenvalue weighted by Crippen LogP contribution is 2.28. The zero-order chi connectivity index (χ0) is 18.5. The largest absolute Gasteiger partial charge is 0.465 e. The number of rotatable bonds is 5. The van der Waals surface area contributed by atoms with Crippen LogP contribution in [0, 0.1) is 5.92 Å². The monoisotopic (exact) mass is 393 g/mol. The fourth-order valence-electron chi connectivity index (χ4n) is 2.93. The maximum Gasteiger partial charge on any atom is 0.351 e. The van der Waals surface area contributed by atoms with Crippen LogP contribution >= 0.6 is 22.9 Å². The lowest BCUT2D eigenvalue weighted by Gasteiger charge is -2.32. The van der Waals surface area contributed by atoms with E-state index < -0.39 is 5.97 Å². The van der Waals surface area contributed by atoms with Gasteiger partial charge in [-0.25, -0.2) is 9.78 Å². The second-order valence-corrected chi connectivity index (χ2v) is 7.47. The molecular weight excluding hydrogens is 374 g/mol. The fourth-order valence-corrected chi connectivity index (χ4v) is 4.04. The number of hydrogen-bond donors (Lipinski definition) is 1. The van der Waals surface area contributed by atoms with Gasteiger partial charge in [-0.05, 0) is 30.9 Å². The Morgan fingerprint density at radius 2 is 2.00 bits per heavy atom. The van der Waals surface area contributed by atoms with Crippen molar-refractivity contribution in [2.24, 2.45) is 5.92 Å². The van der Waals surface area contributed by atoms with E-state index in [9.17, 15) is 9.59 Å². The van der Waals surface area contributed by atoms with Crippen molar-refractivity contribution < 1.29 is 14.3 Å². The van der Waals surface area contributed by atoms with Crippen LogP contribution in [-0.4, -0.2) is 48.5 Å². The number of likely N-dealkylation sites (tertiary alicyclic amines) is 1. The molecule has 1 aliphatic rings. The Bertz CT molecular complexity index is 773. The van der Waals surface area contributed by atoms with Crippen molar-refractivity contribution in [2.75, 3.05) is 32.1 Å². The quantitative estimate of drug-likeness (QED) is 0.786. The van der Waals surface area contributed by atoms with Crippen LogP contribution in [0.4, 0.5) is 5.13 Å². The molecule has 0 saturated carbocycles. The van der Waals surface area contributed by atoms with Gasteiger partial charge in [0.25, 0.3) is 5.91 Å². The lowest BCUT2D eigenvalue weighted by Crippen LogP contribution is -2.39. The number of nitrogens with zero attached hydrogens (tertiary/aromatic N) is 2. The molecule has 8 heteroatoms. The van der Waals surface area contributed by atoms with E-state index in [-0.39, 0.29) is 11.1 Å². The molecule has 138 valence electrons. The predicted octanol–water partition coefficient (Wildman–Crippen LogP) is 3.55. The van der Waals surface area contributed by atoms with Gasteiger partial charge in [0.15, 0.2) is 15.2 Å². The number of nitrogens with one attached hydrogen (secondary N) is 1. The Kier molecular flexibility index (Phi) is 6.11. The highest BCUT2D eigenvalue weighted by molar-refractivity contribution is 7.18. The van der Waals surface area contributed by atoms with Crippen molar-refractivity contribution in [3.8, 4) is 0 Å². The lowest BCUT2D eigenvalue weighted by molar-refractivity contribution is 0.0605. The van der Waals surface area contributed by atoms with Gasteiger partial charge in [-0.3, -0.25) is 4.79 Å². The van der Waals surface area contributed by atoms with E-state index in [1.165, 1.54) is 18.4 Å². The third-order valence-electron chi connectivity index (χ3n) is 4.42. The Morgan fingerprint density at radius 3 is 2.65 bits per heavy atom. The minimum atomic E-state index is -0.478. The Labute approximate surface area is 161 Å². The van der Waals surface area contributed by atoms with Crippen molar-refractivity contribution >= 4 is 39.9 Å². The standard InChI is InChI=1S/C18H20ClN3O3S/c1-25-17(24)14-15(19)21-18(26-14)20-11-12-7-9-22(10-8-12)16(23)13-5-3-2-4-6-13/h2-6,12H,7-11H2,1H3,(H,20,21). The highest BCUT2D eigenvalue weighted by Gasteiger charge is 2.24. The van der Waals surface area contributed by atoms with Crippen LogP contribution in [0.1, 0.15) is 32.9 Å². The molecule has 3 rings (SSSR count). The highest BCUT2D eigenvalue weighted by atomic mass is 35.5. The number of methoxy groups -OCH3 is 1. The molecule has 0 bridgehead atoms. The van der Waals surface area contributed by atoms with Gasteiger partial charge in [-0.1, -0.05) is 41.1 Å². The molecule has 0 unspecified atom stereocenters. The number of aromatic nitrogens is 1. The fraction of sp³-hybridized carbons (Fsp3) is 0.389.